The lowest BCUT2D eigenvalue weighted by Crippen LogP contribution is -2.48. The number of nitrogens with zero attached hydrogens (tertiary/aromatic N) is 10. The van der Waals surface area contributed by atoms with Crippen molar-refractivity contribution in [3.05, 3.63) is 12.7 Å². The van der Waals surface area contributed by atoms with Gasteiger partial charge in [-0.25, -0.2) is 14.8 Å². The second kappa shape index (κ2) is 15.6. The molecule has 2 aliphatic carbocycles. The van der Waals surface area contributed by atoms with Crippen molar-refractivity contribution in [1.82, 2.24) is 60.3 Å². The molecule has 0 unspecified atom stereocenters. The van der Waals surface area contributed by atoms with Gasteiger partial charge in [0.1, 0.15) is 48.7 Å². The average molecular weight is 811 g/mol. The topological polar surface area (TPSA) is 366 Å². The molecular formula is C33H46N16O9. The number of carbonyl (C=O) groups excluding carboxylic acids is 3. The van der Waals surface area contributed by atoms with Crippen LogP contribution in [0, 0.1) is 0 Å². The SMILES string of the molecule is Nc1nc(N2CC[C@@H](NC(=O)N[C@@H]3CCN(c4nc(N)c5ncn([C@@H]6C[C@H](NC(=O)CO)[C@@H](O)[C@H]6O)c5n4)C3)C2)nc2c1ncn2[C@@H]1C[C@H](NC(=O)CO)[C@@H](O)[C@H]1O. The van der Waals surface area contributed by atoms with Gasteiger partial charge in [0, 0.05) is 38.3 Å². The largest absolute Gasteiger partial charge is 0.388 e. The number of fused-ring (bicyclic) bond motifs is 2. The van der Waals surface area contributed by atoms with E-state index in [1.807, 2.05) is 9.80 Å². The van der Waals surface area contributed by atoms with Crippen molar-refractivity contribution in [3.8, 4) is 0 Å². The number of amides is 4. The molecule has 0 aromatic carbocycles. The number of anilines is 4. The predicted molar refractivity (Wildman–Crippen MR) is 202 cm³/mol. The molecule has 25 nitrogen and oxygen atoms in total. The Labute approximate surface area is 328 Å². The second-order valence-electron chi connectivity index (χ2n) is 15.2. The van der Waals surface area contributed by atoms with E-state index in [0.717, 1.165) is 0 Å². The normalized spacial score (nSPS) is 29.8. The number of nitrogens with one attached hydrogen (secondary N) is 4. The third-order valence-corrected chi connectivity index (χ3v) is 11.5. The highest BCUT2D eigenvalue weighted by molar-refractivity contribution is 5.84. The Bertz CT molecular complexity index is 2050. The van der Waals surface area contributed by atoms with E-state index >= 15 is 0 Å². The van der Waals surface area contributed by atoms with Gasteiger partial charge in [-0.2, -0.15) is 19.9 Å². The van der Waals surface area contributed by atoms with Crippen LogP contribution >= 0.6 is 0 Å². The summed E-state index contributed by atoms with van der Waals surface area (Å²) in [6, 6.07) is -3.87. The molecule has 4 fully saturated rings. The Hall–Kier alpha value is -5.73. The molecule has 58 heavy (non-hydrogen) atoms. The van der Waals surface area contributed by atoms with Crippen molar-refractivity contribution >= 4 is 63.7 Å². The van der Waals surface area contributed by atoms with Crippen LogP contribution in [-0.2, 0) is 9.59 Å². The van der Waals surface area contributed by atoms with Gasteiger partial charge in [0.25, 0.3) is 0 Å². The number of hydrogen-bond acceptors (Lipinski definition) is 19. The van der Waals surface area contributed by atoms with Crippen molar-refractivity contribution in [2.45, 2.75) is 86.4 Å². The van der Waals surface area contributed by atoms with Gasteiger partial charge in [0.15, 0.2) is 22.9 Å². The van der Waals surface area contributed by atoms with E-state index in [2.05, 4.69) is 41.2 Å². The van der Waals surface area contributed by atoms with Crippen molar-refractivity contribution < 1.29 is 45.0 Å². The van der Waals surface area contributed by atoms with Crippen LogP contribution in [0.1, 0.15) is 37.8 Å². The first-order valence-corrected chi connectivity index (χ1v) is 18.9. The van der Waals surface area contributed by atoms with Crippen LogP contribution < -0.4 is 42.5 Å². The molecule has 10 atom stereocenters. The standard InChI is InChI=1S/C33H46N16O9/c34-27-21-29(48(11-36-21)17-5-15(23(54)25(17)56)40-19(52)9-50)44-31(42-27)46-3-1-13(7-46)38-33(58)39-14-2-4-47(8-14)32-43-28(35)22-30(45-32)49(12-37-22)18-6-16(24(55)26(18)57)41-20(53)10-51/h11-18,23-26,50-51,54-57H,1-10H2,(H,40,52)(H,41,53)(H2,34,42,44)(H2,35,43,45)(H2,38,39,58)/t13-,14-,15+,16+,17-,18-,23-,24-,25+,26+/m1/s1. The van der Waals surface area contributed by atoms with Crippen LogP contribution in [0.15, 0.2) is 12.7 Å². The van der Waals surface area contributed by atoms with Crippen LogP contribution in [0.25, 0.3) is 22.3 Å². The average Bonchev–Trinajstić information content (AvgIpc) is 4.07. The van der Waals surface area contributed by atoms with Gasteiger partial charge in [-0.1, -0.05) is 0 Å². The summed E-state index contributed by atoms with van der Waals surface area (Å²) in [5, 5.41) is 72.1. The quantitative estimate of drug-likeness (QED) is 0.0711. The van der Waals surface area contributed by atoms with E-state index in [9.17, 15) is 34.8 Å². The lowest BCUT2D eigenvalue weighted by Gasteiger charge is -2.21. The lowest BCUT2D eigenvalue weighted by atomic mass is 10.2. The first-order chi connectivity index (χ1) is 27.8. The Morgan fingerprint density at radius 3 is 1.45 bits per heavy atom. The number of aromatic nitrogens is 8. The summed E-state index contributed by atoms with van der Waals surface area (Å²) in [4.78, 5) is 67.4. The van der Waals surface area contributed by atoms with E-state index in [1.165, 1.54) is 12.7 Å². The molecule has 0 bridgehead atoms. The Balaban J connectivity index is 0.883. The van der Waals surface area contributed by atoms with Gasteiger partial charge >= 0.3 is 6.03 Å². The molecule has 2 saturated carbocycles. The number of aliphatic hydroxyl groups is 6. The Morgan fingerprint density at radius 1 is 0.638 bits per heavy atom. The highest BCUT2D eigenvalue weighted by Crippen LogP contribution is 2.36. The molecule has 4 aromatic rings. The molecule has 2 saturated heterocycles. The first-order valence-electron chi connectivity index (χ1n) is 18.9. The maximum atomic E-state index is 13.2. The maximum absolute atomic E-state index is 13.2. The van der Waals surface area contributed by atoms with Crippen LogP contribution in [0.2, 0.25) is 0 Å². The van der Waals surface area contributed by atoms with E-state index in [-0.39, 0.29) is 42.6 Å². The Kier molecular flexibility index (Phi) is 10.5. The molecule has 14 N–H and O–H groups in total. The van der Waals surface area contributed by atoms with Crippen molar-refractivity contribution in [1.29, 1.82) is 0 Å². The number of carbonyl (C=O) groups is 3. The zero-order valence-corrected chi connectivity index (χ0v) is 31.0. The molecular weight excluding hydrogens is 764 g/mol. The minimum atomic E-state index is -1.28. The summed E-state index contributed by atoms with van der Waals surface area (Å²) in [6.45, 7) is 0.270. The minimum absolute atomic E-state index is 0.110. The van der Waals surface area contributed by atoms with Crippen molar-refractivity contribution in [2.24, 2.45) is 0 Å². The molecule has 4 aliphatic rings. The summed E-state index contributed by atoms with van der Waals surface area (Å²) >= 11 is 0. The first kappa shape index (κ1) is 39.1. The highest BCUT2D eigenvalue weighted by atomic mass is 16.3. The maximum Gasteiger partial charge on any atom is 0.315 e. The van der Waals surface area contributed by atoms with Gasteiger partial charge in [0.05, 0.1) is 36.8 Å². The van der Waals surface area contributed by atoms with Gasteiger partial charge in [0.2, 0.25) is 23.7 Å². The third kappa shape index (κ3) is 7.19. The molecule has 4 aromatic heterocycles. The molecule has 2 aliphatic heterocycles. The van der Waals surface area contributed by atoms with E-state index in [0.29, 0.717) is 73.2 Å². The second-order valence-corrected chi connectivity index (χ2v) is 15.2. The number of nitrogen functional groups attached to an aromatic ring is 2. The summed E-state index contributed by atoms with van der Waals surface area (Å²) in [7, 11) is 0. The van der Waals surface area contributed by atoms with Gasteiger partial charge in [-0.3, -0.25) is 9.59 Å². The van der Waals surface area contributed by atoms with Crippen LogP contribution in [-0.4, -0.2) is 175 Å². The molecule has 25 heteroatoms. The fourth-order valence-corrected chi connectivity index (χ4v) is 8.51. The number of aliphatic hydroxyl groups excluding tert-OH is 6. The summed E-state index contributed by atoms with van der Waals surface area (Å²) in [6.07, 6.45) is -0.719. The van der Waals surface area contributed by atoms with Gasteiger partial charge in [-0.15, -0.1) is 0 Å². The van der Waals surface area contributed by atoms with Gasteiger partial charge < -0.3 is 82.3 Å². The molecule has 0 spiro atoms. The van der Waals surface area contributed by atoms with E-state index in [1.54, 1.807) is 9.13 Å². The van der Waals surface area contributed by atoms with Crippen LogP contribution in [0.3, 0.4) is 0 Å². The minimum Gasteiger partial charge on any atom is -0.388 e. The molecule has 0 radical (unpaired) electrons. The number of imidazole rings is 2. The molecule has 6 heterocycles. The smallest absolute Gasteiger partial charge is 0.315 e. The lowest BCUT2D eigenvalue weighted by molar-refractivity contribution is -0.126. The number of urea groups is 1. The molecule has 312 valence electrons. The summed E-state index contributed by atoms with van der Waals surface area (Å²) in [5.41, 5.74) is 13.8. The number of rotatable bonds is 10. The predicted octanol–water partition coefficient (Wildman–Crippen LogP) is -5.43. The monoisotopic (exact) mass is 810 g/mol. The zero-order valence-electron chi connectivity index (χ0n) is 31.0. The zero-order chi connectivity index (χ0) is 41.0. The molecule has 4 amide bonds. The van der Waals surface area contributed by atoms with Crippen LogP contribution in [0.5, 0.6) is 0 Å². The number of nitrogens with two attached hydrogens (primary N) is 2. The van der Waals surface area contributed by atoms with Crippen molar-refractivity contribution in [3.63, 3.8) is 0 Å². The third-order valence-electron chi connectivity index (χ3n) is 11.5. The van der Waals surface area contributed by atoms with E-state index in [4.69, 9.17) is 31.6 Å². The van der Waals surface area contributed by atoms with Crippen LogP contribution in [0.4, 0.5) is 28.3 Å². The molecule has 8 rings (SSSR count). The summed E-state index contributed by atoms with van der Waals surface area (Å²) < 4.78 is 3.19. The van der Waals surface area contributed by atoms with E-state index < -0.39 is 73.6 Å². The Morgan fingerprint density at radius 2 is 1.05 bits per heavy atom. The summed E-state index contributed by atoms with van der Waals surface area (Å²) in [5.74, 6) is -0.535. The fraction of sp³-hybridized carbons (Fsp3) is 0.606. The highest BCUT2D eigenvalue weighted by Gasteiger charge is 2.45. The fourth-order valence-electron chi connectivity index (χ4n) is 8.51. The number of hydrogen-bond donors (Lipinski definition) is 12. The van der Waals surface area contributed by atoms with Gasteiger partial charge in [-0.05, 0) is 25.7 Å². The van der Waals surface area contributed by atoms with Crippen molar-refractivity contribution in [2.75, 3.05) is 60.7 Å².